The van der Waals surface area contributed by atoms with E-state index in [1.54, 1.807) is 118 Å². The van der Waals surface area contributed by atoms with Crippen LogP contribution in [0, 0.1) is 0 Å². The summed E-state index contributed by atoms with van der Waals surface area (Å²) >= 11 is 0. The van der Waals surface area contributed by atoms with Gasteiger partial charge in [-0.2, -0.15) is 0 Å². The van der Waals surface area contributed by atoms with Crippen molar-refractivity contribution < 1.29 is 62.4 Å². The third-order valence-corrected chi connectivity index (χ3v) is 8.64. The Labute approximate surface area is 387 Å². The summed E-state index contributed by atoms with van der Waals surface area (Å²) in [6.07, 6.45) is -1.32. The topological polar surface area (TPSA) is 284 Å². The van der Waals surface area contributed by atoms with Gasteiger partial charge in [0.25, 0.3) is 0 Å². The number of ether oxygens (including phenoxy) is 5. The van der Waals surface area contributed by atoms with Crippen LogP contribution in [0.1, 0.15) is 156 Å². The standard InChI is InChI=1S/C45H85N7O13/c1-27(62-42(6,7)8)32(52-37(56)33(28(2)63-43(9,10)11)51-34(53)29(46)22-18-20-24-47-39(59)64-44(12,13)14)36(55)49-30(23-19-21-25-48-40(60)65-45(15,16)17)35(54)50-31(38(57)58)26-61-41(3,4)5/h27-33H,18-26,46H2,1-17H3,(H,47,59)(H,48,60)(H,49,55)(H,50,54)(H,51,53)(H,52,56)(H,57,58)/t27-,28-,29+,30+,31+,32+,33+/m1/s1. The normalized spacial score (nSPS) is 15.7. The third-order valence-electron chi connectivity index (χ3n) is 8.64. The molecule has 0 heterocycles. The van der Waals surface area contributed by atoms with E-state index in [1.165, 1.54) is 0 Å². The lowest BCUT2D eigenvalue weighted by atomic mass is 10.0. The van der Waals surface area contributed by atoms with E-state index in [0.717, 1.165) is 0 Å². The second-order valence-electron chi connectivity index (χ2n) is 21.2. The van der Waals surface area contributed by atoms with Gasteiger partial charge in [0.1, 0.15) is 29.3 Å². The van der Waals surface area contributed by atoms with E-state index < -0.39 is 112 Å². The van der Waals surface area contributed by atoms with Gasteiger partial charge in [-0.1, -0.05) is 0 Å². The molecule has 0 radical (unpaired) electrons. The molecule has 0 aliphatic carbocycles. The van der Waals surface area contributed by atoms with E-state index in [2.05, 4.69) is 31.9 Å². The number of hydrogen-bond acceptors (Lipinski definition) is 13. The molecule has 65 heavy (non-hydrogen) atoms. The average Bonchev–Trinajstić information content (AvgIpc) is 3.09. The number of carboxylic acid groups (broad SMARTS) is 1. The summed E-state index contributed by atoms with van der Waals surface area (Å²) in [5, 5.41) is 25.8. The number of nitrogens with one attached hydrogen (secondary N) is 6. The molecule has 0 unspecified atom stereocenters. The molecule has 378 valence electrons. The minimum Gasteiger partial charge on any atom is -0.480 e. The van der Waals surface area contributed by atoms with Gasteiger partial charge in [0.15, 0.2) is 6.04 Å². The van der Waals surface area contributed by atoms with Crippen LogP contribution < -0.4 is 37.6 Å². The van der Waals surface area contributed by atoms with E-state index in [4.69, 9.17) is 29.4 Å². The van der Waals surface area contributed by atoms with Gasteiger partial charge in [-0.15, -0.1) is 0 Å². The van der Waals surface area contributed by atoms with Gasteiger partial charge in [-0.3, -0.25) is 19.2 Å². The van der Waals surface area contributed by atoms with E-state index in [1.807, 2.05) is 0 Å². The van der Waals surface area contributed by atoms with Gasteiger partial charge in [0.2, 0.25) is 23.6 Å². The van der Waals surface area contributed by atoms with Crippen molar-refractivity contribution in [1.82, 2.24) is 31.9 Å². The van der Waals surface area contributed by atoms with E-state index >= 15 is 0 Å². The number of amides is 6. The van der Waals surface area contributed by atoms with Crippen molar-refractivity contribution >= 4 is 41.8 Å². The monoisotopic (exact) mass is 932 g/mol. The molecule has 9 N–H and O–H groups in total. The fourth-order valence-electron chi connectivity index (χ4n) is 5.96. The molecule has 0 aromatic rings. The summed E-state index contributed by atoms with van der Waals surface area (Å²) in [6, 6.07) is -6.66. The molecule has 20 nitrogen and oxygen atoms in total. The number of nitrogens with two attached hydrogens (primary N) is 1. The second kappa shape index (κ2) is 26.8. The number of unbranched alkanes of at least 4 members (excludes halogenated alkanes) is 2. The van der Waals surface area contributed by atoms with Gasteiger partial charge < -0.3 is 66.4 Å². The molecule has 7 atom stereocenters. The van der Waals surface area contributed by atoms with Crippen LogP contribution in [0.3, 0.4) is 0 Å². The zero-order valence-corrected chi connectivity index (χ0v) is 42.3. The molecule has 0 aliphatic rings. The minimum atomic E-state index is -1.47. The van der Waals surface area contributed by atoms with E-state index in [-0.39, 0.29) is 32.4 Å². The van der Waals surface area contributed by atoms with Crippen LogP contribution in [0.4, 0.5) is 9.59 Å². The van der Waals surface area contributed by atoms with E-state index in [9.17, 15) is 38.7 Å². The molecule has 0 fully saturated rings. The lowest BCUT2D eigenvalue weighted by molar-refractivity contribution is -0.146. The lowest BCUT2D eigenvalue weighted by Gasteiger charge is -2.35. The highest BCUT2D eigenvalue weighted by atomic mass is 16.6. The quantitative estimate of drug-likeness (QED) is 0.0602. The molecule has 0 saturated heterocycles. The molecule has 20 heteroatoms. The lowest BCUT2D eigenvalue weighted by Crippen LogP contribution is -2.63. The first kappa shape index (κ1) is 60.7. The molecule has 0 aromatic carbocycles. The number of rotatable bonds is 25. The Morgan fingerprint density at radius 1 is 0.492 bits per heavy atom. The van der Waals surface area contributed by atoms with E-state index in [0.29, 0.717) is 25.8 Å². The highest BCUT2D eigenvalue weighted by Crippen LogP contribution is 2.18. The summed E-state index contributed by atoms with van der Waals surface area (Å²) in [4.78, 5) is 92.4. The maximum atomic E-state index is 14.4. The molecule has 0 saturated carbocycles. The van der Waals surface area contributed by atoms with Crippen LogP contribution in [0.2, 0.25) is 0 Å². The summed E-state index contributed by atoms with van der Waals surface area (Å²) in [5.41, 5.74) is 2.61. The molecular formula is C45H85N7O13. The first-order chi connectivity index (χ1) is 29.4. The van der Waals surface area contributed by atoms with Gasteiger partial charge in [-0.05, 0) is 156 Å². The molecule has 0 rings (SSSR count). The summed E-state index contributed by atoms with van der Waals surface area (Å²) < 4.78 is 28.4. The Kier molecular flexibility index (Phi) is 25.0. The van der Waals surface area contributed by atoms with Crippen LogP contribution in [-0.2, 0) is 47.7 Å². The van der Waals surface area contributed by atoms with Crippen LogP contribution in [0.15, 0.2) is 0 Å². The first-order valence-electron chi connectivity index (χ1n) is 22.5. The molecule has 0 bridgehead atoms. The van der Waals surface area contributed by atoms with Crippen LogP contribution in [-0.4, -0.2) is 137 Å². The number of carbonyl (C=O) groups excluding carboxylic acids is 6. The molecule has 0 aliphatic heterocycles. The van der Waals surface area contributed by atoms with Crippen LogP contribution in [0.5, 0.6) is 0 Å². The molecule has 6 amide bonds. The van der Waals surface area contributed by atoms with Crippen molar-refractivity contribution in [3.63, 3.8) is 0 Å². The number of carbonyl (C=O) groups is 7. The largest absolute Gasteiger partial charge is 0.480 e. The summed E-state index contributed by atoms with van der Waals surface area (Å²) in [7, 11) is 0. The zero-order valence-electron chi connectivity index (χ0n) is 42.3. The average molecular weight is 932 g/mol. The Morgan fingerprint density at radius 3 is 1.26 bits per heavy atom. The number of carboxylic acids is 1. The SMILES string of the molecule is C[C@@H](OC(C)(C)C)[C@H](NC(=O)[C@@H](NC(=O)[C@@H](N)CCCCNC(=O)OC(C)(C)C)[C@@H](C)OC(C)(C)C)C(=O)N[C@@H](CCCCNC(=O)OC(C)(C)C)C(=O)N[C@@H](COC(C)(C)C)C(=O)O. The Bertz CT molecular complexity index is 1540. The Morgan fingerprint density at radius 2 is 0.877 bits per heavy atom. The van der Waals surface area contributed by atoms with Gasteiger partial charge in [0, 0.05) is 13.1 Å². The minimum absolute atomic E-state index is 0.000687. The molecule has 0 aromatic heterocycles. The molecule has 0 spiro atoms. The number of hydrogen-bond donors (Lipinski definition) is 8. The first-order valence-corrected chi connectivity index (χ1v) is 22.5. The van der Waals surface area contributed by atoms with Crippen LogP contribution >= 0.6 is 0 Å². The predicted octanol–water partition coefficient (Wildman–Crippen LogP) is 3.95. The van der Waals surface area contributed by atoms with Crippen molar-refractivity contribution in [2.24, 2.45) is 5.73 Å². The smallest absolute Gasteiger partial charge is 0.407 e. The predicted molar refractivity (Wildman–Crippen MR) is 246 cm³/mol. The third kappa shape index (κ3) is 29.8. The van der Waals surface area contributed by atoms with Gasteiger partial charge in [-0.25, -0.2) is 14.4 Å². The van der Waals surface area contributed by atoms with Crippen molar-refractivity contribution in [1.29, 1.82) is 0 Å². The highest BCUT2D eigenvalue weighted by Gasteiger charge is 2.38. The maximum Gasteiger partial charge on any atom is 0.407 e. The fourth-order valence-corrected chi connectivity index (χ4v) is 5.96. The van der Waals surface area contributed by atoms with Crippen LogP contribution in [0.25, 0.3) is 0 Å². The number of aliphatic carboxylic acids is 1. The summed E-state index contributed by atoms with van der Waals surface area (Å²) in [6.45, 7) is 29.5. The fraction of sp³-hybridized carbons (Fsp3) is 0.844. The maximum absolute atomic E-state index is 14.4. The molecular weight excluding hydrogens is 847 g/mol. The Balaban J connectivity index is 6.54. The zero-order chi connectivity index (χ0) is 50.7. The highest BCUT2D eigenvalue weighted by molar-refractivity contribution is 5.96. The van der Waals surface area contributed by atoms with Crippen molar-refractivity contribution in [3.8, 4) is 0 Å². The van der Waals surface area contributed by atoms with Crippen molar-refractivity contribution in [3.05, 3.63) is 0 Å². The number of alkyl carbamates (subject to hydrolysis) is 2. The van der Waals surface area contributed by atoms with Crippen molar-refractivity contribution in [2.75, 3.05) is 19.7 Å². The second-order valence-corrected chi connectivity index (χ2v) is 21.2. The van der Waals surface area contributed by atoms with Gasteiger partial charge >= 0.3 is 18.2 Å². The Hall–Kier alpha value is -4.27. The van der Waals surface area contributed by atoms with Gasteiger partial charge in [0.05, 0.1) is 41.7 Å². The van der Waals surface area contributed by atoms with Crippen molar-refractivity contribution in [2.45, 2.75) is 227 Å². The summed E-state index contributed by atoms with van der Waals surface area (Å²) in [5.74, 6) is -4.50.